The molecule has 0 aliphatic rings. The molecular formula is C7H4F2N2. The molecule has 0 saturated carbocycles. The Bertz CT molecular complexity index is 304. The Hall–Kier alpha value is -1.50. The van der Waals surface area contributed by atoms with Crippen molar-refractivity contribution in [2.45, 2.75) is 6.42 Å². The van der Waals surface area contributed by atoms with Crippen LogP contribution in [0, 0.1) is 23.1 Å². The molecule has 0 fully saturated rings. The first-order chi connectivity index (χ1) is 5.24. The topological polar surface area (TPSA) is 36.7 Å². The number of halogens is 2. The molecule has 0 unspecified atom stereocenters. The van der Waals surface area contributed by atoms with E-state index in [9.17, 15) is 8.78 Å². The number of hydrogen-bond acceptors (Lipinski definition) is 2. The Balaban J connectivity index is 3.01. The predicted octanol–water partition coefficient (Wildman–Crippen LogP) is 1.43. The van der Waals surface area contributed by atoms with Gasteiger partial charge in [0.05, 0.1) is 12.5 Å². The summed E-state index contributed by atoms with van der Waals surface area (Å²) < 4.78 is 24.8. The van der Waals surface area contributed by atoms with Crippen LogP contribution in [0.2, 0.25) is 0 Å². The highest BCUT2D eigenvalue weighted by molar-refractivity contribution is 5.15. The zero-order valence-corrected chi connectivity index (χ0v) is 5.51. The largest absolute Gasteiger partial charge is 0.228 e. The molecule has 1 heterocycles. The van der Waals surface area contributed by atoms with Crippen molar-refractivity contribution in [1.82, 2.24) is 4.98 Å². The average Bonchev–Trinajstić information content (AvgIpc) is 1.95. The van der Waals surface area contributed by atoms with Crippen molar-refractivity contribution in [1.29, 1.82) is 5.26 Å². The molecular weight excluding hydrogens is 150 g/mol. The highest BCUT2D eigenvalue weighted by Gasteiger charge is 2.02. The van der Waals surface area contributed by atoms with E-state index >= 15 is 0 Å². The van der Waals surface area contributed by atoms with Gasteiger partial charge in [-0.1, -0.05) is 0 Å². The molecule has 11 heavy (non-hydrogen) atoms. The second-order valence-corrected chi connectivity index (χ2v) is 1.93. The van der Waals surface area contributed by atoms with Crippen LogP contribution in [0.1, 0.15) is 5.56 Å². The van der Waals surface area contributed by atoms with Crippen LogP contribution in [-0.4, -0.2) is 4.98 Å². The van der Waals surface area contributed by atoms with Crippen LogP contribution >= 0.6 is 0 Å². The van der Waals surface area contributed by atoms with Crippen molar-refractivity contribution in [2.24, 2.45) is 0 Å². The van der Waals surface area contributed by atoms with Gasteiger partial charge in [-0.2, -0.15) is 9.65 Å². The zero-order chi connectivity index (χ0) is 8.27. The van der Waals surface area contributed by atoms with Crippen molar-refractivity contribution < 1.29 is 8.78 Å². The lowest BCUT2D eigenvalue weighted by molar-refractivity contribution is 0.545. The fraction of sp³-hybridized carbons (Fsp3) is 0.143. The first-order valence-corrected chi connectivity index (χ1v) is 2.91. The second kappa shape index (κ2) is 3.06. The smallest absolute Gasteiger partial charge is 0.215 e. The van der Waals surface area contributed by atoms with Crippen molar-refractivity contribution in [3.05, 3.63) is 29.6 Å². The predicted molar refractivity (Wildman–Crippen MR) is 33.5 cm³/mol. The average molecular weight is 154 g/mol. The number of pyridine rings is 1. The minimum Gasteiger partial charge on any atom is -0.228 e. The van der Waals surface area contributed by atoms with Gasteiger partial charge in [0.1, 0.15) is 5.82 Å². The fourth-order valence-corrected chi connectivity index (χ4v) is 0.651. The van der Waals surface area contributed by atoms with Crippen LogP contribution in [0.4, 0.5) is 8.78 Å². The van der Waals surface area contributed by atoms with Gasteiger partial charge in [0.2, 0.25) is 5.95 Å². The monoisotopic (exact) mass is 154 g/mol. The van der Waals surface area contributed by atoms with Gasteiger partial charge in [-0.3, -0.25) is 0 Å². The van der Waals surface area contributed by atoms with E-state index in [0.29, 0.717) is 6.07 Å². The lowest BCUT2D eigenvalue weighted by atomic mass is 10.2. The van der Waals surface area contributed by atoms with E-state index in [1.807, 2.05) is 0 Å². The van der Waals surface area contributed by atoms with Gasteiger partial charge >= 0.3 is 0 Å². The fourth-order valence-electron chi connectivity index (χ4n) is 0.651. The maximum absolute atomic E-state index is 12.6. The molecule has 1 aromatic rings. The minimum absolute atomic E-state index is 0.0842. The van der Waals surface area contributed by atoms with Crippen LogP contribution in [0.3, 0.4) is 0 Å². The normalized spacial score (nSPS) is 9.18. The lowest BCUT2D eigenvalue weighted by Gasteiger charge is -1.94. The standard InChI is InChI=1S/C7H4F2N2/c8-6-3-7(9)11-4-5(6)1-2-10/h3-4H,1H2. The third-order valence-electron chi connectivity index (χ3n) is 1.17. The molecule has 1 aromatic heterocycles. The molecule has 0 atom stereocenters. The molecule has 0 N–H and O–H groups in total. The first kappa shape index (κ1) is 7.61. The summed E-state index contributed by atoms with van der Waals surface area (Å²) in [5.74, 6) is -1.59. The molecule has 0 radical (unpaired) electrons. The van der Waals surface area contributed by atoms with E-state index in [1.165, 1.54) is 0 Å². The summed E-state index contributed by atoms with van der Waals surface area (Å²) in [6.45, 7) is 0. The first-order valence-electron chi connectivity index (χ1n) is 2.91. The van der Waals surface area contributed by atoms with Gasteiger partial charge in [0.15, 0.2) is 0 Å². The van der Waals surface area contributed by atoms with Gasteiger partial charge in [-0.25, -0.2) is 9.37 Å². The zero-order valence-electron chi connectivity index (χ0n) is 5.51. The van der Waals surface area contributed by atoms with E-state index in [4.69, 9.17) is 5.26 Å². The molecule has 0 aromatic carbocycles. The van der Waals surface area contributed by atoms with Gasteiger partial charge in [0, 0.05) is 17.8 Å². The van der Waals surface area contributed by atoms with Gasteiger partial charge in [-0.05, 0) is 0 Å². The van der Waals surface area contributed by atoms with E-state index < -0.39 is 11.8 Å². The summed E-state index contributed by atoms with van der Waals surface area (Å²) in [5.41, 5.74) is 0.119. The van der Waals surface area contributed by atoms with Crippen molar-refractivity contribution >= 4 is 0 Å². The Morgan fingerprint density at radius 1 is 1.55 bits per heavy atom. The van der Waals surface area contributed by atoms with Crippen LogP contribution in [-0.2, 0) is 6.42 Å². The van der Waals surface area contributed by atoms with Crippen molar-refractivity contribution in [3.8, 4) is 6.07 Å². The molecule has 1 rings (SSSR count). The highest BCUT2D eigenvalue weighted by Crippen LogP contribution is 2.06. The number of hydrogen-bond donors (Lipinski definition) is 0. The lowest BCUT2D eigenvalue weighted by Crippen LogP contribution is -1.92. The van der Waals surface area contributed by atoms with Gasteiger partial charge < -0.3 is 0 Å². The molecule has 0 aliphatic carbocycles. The third-order valence-corrected chi connectivity index (χ3v) is 1.17. The van der Waals surface area contributed by atoms with Gasteiger partial charge in [0.25, 0.3) is 0 Å². The summed E-state index contributed by atoms with van der Waals surface area (Å²) in [6, 6.07) is 2.40. The summed E-state index contributed by atoms with van der Waals surface area (Å²) in [4.78, 5) is 3.20. The highest BCUT2D eigenvalue weighted by atomic mass is 19.1. The SMILES string of the molecule is N#CCc1cnc(F)cc1F. The van der Waals surface area contributed by atoms with Gasteiger partial charge in [-0.15, -0.1) is 0 Å². The Labute approximate surface area is 62.1 Å². The van der Waals surface area contributed by atoms with Crippen molar-refractivity contribution in [3.63, 3.8) is 0 Å². The van der Waals surface area contributed by atoms with E-state index in [0.717, 1.165) is 6.20 Å². The van der Waals surface area contributed by atoms with Crippen LogP contribution in [0.15, 0.2) is 12.3 Å². The maximum atomic E-state index is 12.6. The summed E-state index contributed by atoms with van der Waals surface area (Å²) in [6.07, 6.45) is 0.937. The molecule has 0 aliphatic heterocycles. The molecule has 4 heteroatoms. The Morgan fingerprint density at radius 3 is 2.82 bits per heavy atom. The number of nitrogens with zero attached hydrogens (tertiary/aromatic N) is 2. The van der Waals surface area contributed by atoms with Crippen LogP contribution < -0.4 is 0 Å². The number of aromatic nitrogens is 1. The van der Waals surface area contributed by atoms with E-state index in [1.54, 1.807) is 6.07 Å². The number of nitriles is 1. The molecule has 0 saturated heterocycles. The quantitative estimate of drug-likeness (QED) is 0.573. The molecule has 0 spiro atoms. The Morgan fingerprint density at radius 2 is 2.27 bits per heavy atom. The Kier molecular flexibility index (Phi) is 2.12. The summed E-state index contributed by atoms with van der Waals surface area (Å²) in [5, 5.41) is 8.18. The van der Waals surface area contributed by atoms with Crippen LogP contribution in [0.5, 0.6) is 0 Å². The molecule has 0 amide bonds. The summed E-state index contributed by atoms with van der Waals surface area (Å²) >= 11 is 0. The molecule has 56 valence electrons. The summed E-state index contributed by atoms with van der Waals surface area (Å²) in [7, 11) is 0. The second-order valence-electron chi connectivity index (χ2n) is 1.93. The number of rotatable bonds is 1. The van der Waals surface area contributed by atoms with Crippen molar-refractivity contribution in [2.75, 3.05) is 0 Å². The van der Waals surface area contributed by atoms with E-state index in [-0.39, 0.29) is 12.0 Å². The third kappa shape index (κ3) is 1.71. The van der Waals surface area contributed by atoms with E-state index in [2.05, 4.69) is 4.98 Å². The minimum atomic E-state index is -0.871. The van der Waals surface area contributed by atoms with Crippen LogP contribution in [0.25, 0.3) is 0 Å². The molecule has 2 nitrogen and oxygen atoms in total. The maximum Gasteiger partial charge on any atom is 0.215 e. The molecule has 0 bridgehead atoms.